The predicted molar refractivity (Wildman–Crippen MR) is 76.4 cm³/mol. The first kappa shape index (κ1) is 12.2. The van der Waals surface area contributed by atoms with E-state index in [1.54, 1.807) is 0 Å². The second kappa shape index (κ2) is 5.92. The summed E-state index contributed by atoms with van der Waals surface area (Å²) < 4.78 is 0. The van der Waals surface area contributed by atoms with E-state index >= 15 is 0 Å². The molecule has 1 heterocycles. The van der Waals surface area contributed by atoms with E-state index in [1.807, 2.05) is 42.2 Å². The molecule has 0 spiro atoms. The number of fused-ring (bicyclic) bond motifs is 1. The monoisotopic (exact) mass is 246 g/mol. The number of pyridine rings is 1. The van der Waals surface area contributed by atoms with Gasteiger partial charge >= 0.3 is 0 Å². The first-order valence-corrected chi connectivity index (χ1v) is 7.07. The summed E-state index contributed by atoms with van der Waals surface area (Å²) >= 11 is 1.81. The number of rotatable bonds is 5. The standard InChI is InChI=1S/C14H18N2S/c1-2-3-6-9-17-13-10-16-12-8-5-4-7-11(12)14(13)15/h4-5,7-8,10H,2-3,6,9H2,1H3,(H2,15,16). The van der Waals surface area contributed by atoms with Crippen molar-refractivity contribution in [3.05, 3.63) is 30.5 Å². The lowest BCUT2D eigenvalue weighted by molar-refractivity contribution is 0.778. The van der Waals surface area contributed by atoms with Crippen LogP contribution in [0.25, 0.3) is 10.9 Å². The first-order valence-electron chi connectivity index (χ1n) is 6.09. The fourth-order valence-corrected chi connectivity index (χ4v) is 2.75. The van der Waals surface area contributed by atoms with Gasteiger partial charge in [0.2, 0.25) is 0 Å². The van der Waals surface area contributed by atoms with Crippen molar-refractivity contribution < 1.29 is 0 Å². The summed E-state index contributed by atoms with van der Waals surface area (Å²) in [5.41, 5.74) is 8.02. The number of aromatic nitrogens is 1. The van der Waals surface area contributed by atoms with Crippen molar-refractivity contribution >= 4 is 28.4 Å². The van der Waals surface area contributed by atoms with Crippen molar-refractivity contribution in [2.45, 2.75) is 31.1 Å². The van der Waals surface area contributed by atoms with Gasteiger partial charge in [0, 0.05) is 16.5 Å². The molecule has 1 aromatic heterocycles. The number of anilines is 1. The van der Waals surface area contributed by atoms with Crippen molar-refractivity contribution in [2.24, 2.45) is 0 Å². The number of para-hydroxylation sites is 1. The maximum atomic E-state index is 6.17. The van der Waals surface area contributed by atoms with E-state index < -0.39 is 0 Å². The molecule has 0 aliphatic rings. The largest absolute Gasteiger partial charge is 0.397 e. The van der Waals surface area contributed by atoms with E-state index in [-0.39, 0.29) is 0 Å². The zero-order valence-corrected chi connectivity index (χ0v) is 11.0. The van der Waals surface area contributed by atoms with E-state index in [0.29, 0.717) is 0 Å². The summed E-state index contributed by atoms with van der Waals surface area (Å²) in [5, 5.41) is 1.06. The van der Waals surface area contributed by atoms with Crippen molar-refractivity contribution in [1.29, 1.82) is 0 Å². The van der Waals surface area contributed by atoms with Gasteiger partial charge in [-0.15, -0.1) is 11.8 Å². The Bertz CT molecular complexity index is 497. The summed E-state index contributed by atoms with van der Waals surface area (Å²) in [6.45, 7) is 2.22. The van der Waals surface area contributed by atoms with E-state index in [4.69, 9.17) is 5.73 Å². The average molecular weight is 246 g/mol. The summed E-state index contributed by atoms with van der Waals surface area (Å²) in [7, 11) is 0. The van der Waals surface area contributed by atoms with Crippen molar-refractivity contribution in [3.63, 3.8) is 0 Å². The zero-order chi connectivity index (χ0) is 12.1. The number of benzene rings is 1. The van der Waals surface area contributed by atoms with Crippen molar-refractivity contribution in [2.75, 3.05) is 11.5 Å². The molecule has 0 saturated carbocycles. The lowest BCUT2D eigenvalue weighted by Gasteiger charge is -2.07. The van der Waals surface area contributed by atoms with Crippen LogP contribution in [0.3, 0.4) is 0 Å². The normalized spacial score (nSPS) is 10.9. The van der Waals surface area contributed by atoms with E-state index in [1.165, 1.54) is 19.3 Å². The number of nitrogens with two attached hydrogens (primary N) is 1. The SMILES string of the molecule is CCCCCSc1cnc2ccccc2c1N. The second-order valence-electron chi connectivity index (χ2n) is 4.11. The molecule has 0 fully saturated rings. The van der Waals surface area contributed by atoms with Gasteiger partial charge in [-0.25, -0.2) is 0 Å². The summed E-state index contributed by atoms with van der Waals surface area (Å²) in [6, 6.07) is 8.03. The molecule has 0 saturated heterocycles. The number of unbranched alkanes of at least 4 members (excludes halogenated alkanes) is 2. The molecule has 0 aliphatic heterocycles. The maximum Gasteiger partial charge on any atom is 0.0723 e. The number of thioether (sulfide) groups is 1. The molecule has 0 bridgehead atoms. The molecule has 2 N–H and O–H groups in total. The minimum Gasteiger partial charge on any atom is -0.397 e. The van der Waals surface area contributed by atoms with Crippen molar-refractivity contribution in [1.82, 2.24) is 4.98 Å². The summed E-state index contributed by atoms with van der Waals surface area (Å²) in [5.74, 6) is 1.12. The van der Waals surface area contributed by atoms with Gasteiger partial charge in [0.05, 0.1) is 11.2 Å². The van der Waals surface area contributed by atoms with Crippen LogP contribution in [-0.2, 0) is 0 Å². The number of nitrogen functional groups attached to an aromatic ring is 1. The molecule has 0 unspecified atom stereocenters. The molecule has 1 aromatic carbocycles. The van der Waals surface area contributed by atoms with Gasteiger partial charge in [-0.2, -0.15) is 0 Å². The molecule has 0 aliphatic carbocycles. The van der Waals surface area contributed by atoms with Gasteiger partial charge in [-0.05, 0) is 18.2 Å². The van der Waals surface area contributed by atoms with Gasteiger partial charge < -0.3 is 5.73 Å². The second-order valence-corrected chi connectivity index (χ2v) is 5.25. The highest BCUT2D eigenvalue weighted by atomic mass is 32.2. The Morgan fingerprint density at radius 2 is 2.06 bits per heavy atom. The van der Waals surface area contributed by atoms with Crippen LogP contribution in [0, 0.1) is 0 Å². The van der Waals surface area contributed by atoms with Gasteiger partial charge in [-0.3, -0.25) is 4.98 Å². The molecule has 0 atom stereocenters. The van der Waals surface area contributed by atoms with Crippen LogP contribution in [0.4, 0.5) is 5.69 Å². The Morgan fingerprint density at radius 1 is 1.24 bits per heavy atom. The Balaban J connectivity index is 2.15. The van der Waals surface area contributed by atoms with E-state index in [0.717, 1.165) is 27.2 Å². The molecule has 90 valence electrons. The van der Waals surface area contributed by atoms with Crippen molar-refractivity contribution in [3.8, 4) is 0 Å². The van der Waals surface area contributed by atoms with Crippen LogP contribution in [0.5, 0.6) is 0 Å². The minimum atomic E-state index is 0.872. The van der Waals surface area contributed by atoms with Gasteiger partial charge in [0.1, 0.15) is 0 Å². The Morgan fingerprint density at radius 3 is 2.88 bits per heavy atom. The molecular formula is C14H18N2S. The topological polar surface area (TPSA) is 38.9 Å². The smallest absolute Gasteiger partial charge is 0.0723 e. The van der Waals surface area contributed by atoms with E-state index in [2.05, 4.69) is 11.9 Å². The molecule has 3 heteroatoms. The van der Waals surface area contributed by atoms with Crippen LogP contribution in [0.1, 0.15) is 26.2 Å². The molecule has 0 radical (unpaired) electrons. The molecule has 0 amide bonds. The Labute approximate surface area is 107 Å². The lowest BCUT2D eigenvalue weighted by Crippen LogP contribution is -1.93. The first-order chi connectivity index (χ1) is 8.33. The molecule has 2 rings (SSSR count). The summed E-state index contributed by atoms with van der Waals surface area (Å²) in [6.07, 6.45) is 5.68. The Kier molecular flexibility index (Phi) is 4.26. The quantitative estimate of drug-likeness (QED) is 0.637. The van der Waals surface area contributed by atoms with Gasteiger partial charge in [-0.1, -0.05) is 38.0 Å². The van der Waals surface area contributed by atoms with E-state index in [9.17, 15) is 0 Å². The molecule has 2 aromatic rings. The highest BCUT2D eigenvalue weighted by Crippen LogP contribution is 2.30. The fraction of sp³-hybridized carbons (Fsp3) is 0.357. The van der Waals surface area contributed by atoms with Crippen LogP contribution in [0.2, 0.25) is 0 Å². The van der Waals surface area contributed by atoms with Crippen LogP contribution in [0.15, 0.2) is 35.4 Å². The third-order valence-corrected chi connectivity index (χ3v) is 3.92. The number of hydrogen-bond acceptors (Lipinski definition) is 3. The zero-order valence-electron chi connectivity index (χ0n) is 10.1. The van der Waals surface area contributed by atoms with Gasteiger partial charge in [0.15, 0.2) is 0 Å². The predicted octanol–water partition coefficient (Wildman–Crippen LogP) is 4.10. The third kappa shape index (κ3) is 2.91. The lowest BCUT2D eigenvalue weighted by atomic mass is 10.2. The molecule has 17 heavy (non-hydrogen) atoms. The average Bonchev–Trinajstić information content (AvgIpc) is 2.37. The Hall–Kier alpha value is -1.22. The van der Waals surface area contributed by atoms with Gasteiger partial charge in [0.25, 0.3) is 0 Å². The highest BCUT2D eigenvalue weighted by molar-refractivity contribution is 7.99. The summed E-state index contributed by atoms with van der Waals surface area (Å²) in [4.78, 5) is 5.55. The van der Waals surface area contributed by atoms with Crippen LogP contribution in [-0.4, -0.2) is 10.7 Å². The third-order valence-electron chi connectivity index (χ3n) is 2.79. The minimum absolute atomic E-state index is 0.872. The molecular weight excluding hydrogens is 228 g/mol. The maximum absolute atomic E-state index is 6.17. The highest BCUT2D eigenvalue weighted by Gasteiger charge is 2.05. The number of nitrogens with zero attached hydrogens (tertiary/aromatic N) is 1. The molecule has 2 nitrogen and oxygen atoms in total. The fourth-order valence-electron chi connectivity index (χ4n) is 1.79. The van der Waals surface area contributed by atoms with Crippen LogP contribution >= 0.6 is 11.8 Å². The van der Waals surface area contributed by atoms with Crippen LogP contribution < -0.4 is 5.73 Å². The number of hydrogen-bond donors (Lipinski definition) is 1.